The molecule has 0 aromatic carbocycles. The van der Waals surface area contributed by atoms with Crippen LogP contribution in [0.25, 0.3) is 0 Å². The highest BCUT2D eigenvalue weighted by Crippen LogP contribution is 2.13. The van der Waals surface area contributed by atoms with Gasteiger partial charge in [0.25, 0.3) is 5.91 Å². The van der Waals surface area contributed by atoms with E-state index < -0.39 is 0 Å². The van der Waals surface area contributed by atoms with Crippen molar-refractivity contribution in [3.05, 3.63) is 47.2 Å². The summed E-state index contributed by atoms with van der Waals surface area (Å²) in [6.45, 7) is 0. The molecule has 1 amide bonds. The highest BCUT2D eigenvalue weighted by atomic mass is 35.5. The molecule has 1 N–H and O–H groups in total. The van der Waals surface area contributed by atoms with Gasteiger partial charge in [-0.05, 0) is 24.3 Å². The number of rotatable bonds is 3. The van der Waals surface area contributed by atoms with Gasteiger partial charge in [0.2, 0.25) is 0 Å². The number of carbonyl (C=O) groups excluding carboxylic acids is 1. The van der Waals surface area contributed by atoms with Gasteiger partial charge in [-0.25, -0.2) is 4.98 Å². The average molecular weight is 277 g/mol. The average Bonchev–Trinajstić information content (AvgIpc) is 2.39. The molecule has 2 aromatic heterocycles. The fourth-order valence-corrected chi connectivity index (χ4v) is 1.61. The summed E-state index contributed by atoms with van der Waals surface area (Å²) in [7, 11) is 3.76. The van der Waals surface area contributed by atoms with E-state index in [9.17, 15) is 4.79 Å². The predicted octanol–water partition coefficient (Wildman–Crippen LogP) is 2.45. The minimum absolute atomic E-state index is 0.254. The molecule has 6 heteroatoms. The third kappa shape index (κ3) is 3.42. The summed E-state index contributed by atoms with van der Waals surface area (Å²) in [5.74, 6) is 0.890. The number of nitrogens with zero attached hydrogens (tertiary/aromatic N) is 3. The van der Waals surface area contributed by atoms with Gasteiger partial charge in [0.1, 0.15) is 17.3 Å². The number of amides is 1. The summed E-state index contributed by atoms with van der Waals surface area (Å²) >= 11 is 5.82. The van der Waals surface area contributed by atoms with Crippen molar-refractivity contribution >= 4 is 29.1 Å². The Kier molecular flexibility index (Phi) is 3.97. The van der Waals surface area contributed by atoms with Crippen molar-refractivity contribution in [1.29, 1.82) is 0 Å². The molecule has 0 aliphatic rings. The quantitative estimate of drug-likeness (QED) is 0.935. The zero-order valence-electron chi connectivity index (χ0n) is 10.6. The minimum Gasteiger partial charge on any atom is -0.363 e. The van der Waals surface area contributed by atoms with Crippen LogP contribution in [0.1, 0.15) is 10.5 Å². The maximum absolute atomic E-state index is 12.0. The molecule has 0 unspecified atom stereocenters. The Bertz CT molecular complexity index is 601. The summed E-state index contributed by atoms with van der Waals surface area (Å²) in [6, 6.07) is 8.52. The zero-order valence-corrected chi connectivity index (χ0v) is 11.3. The molecule has 0 aliphatic carbocycles. The summed E-state index contributed by atoms with van der Waals surface area (Å²) in [6.07, 6.45) is 1.49. The van der Waals surface area contributed by atoms with Gasteiger partial charge >= 0.3 is 0 Å². The fraction of sp³-hybridized carbons (Fsp3) is 0.154. The minimum atomic E-state index is -0.342. The Labute approximate surface area is 116 Å². The number of nitrogens with one attached hydrogen (secondary N) is 1. The Morgan fingerprint density at radius 2 is 2.11 bits per heavy atom. The van der Waals surface area contributed by atoms with Gasteiger partial charge in [0.15, 0.2) is 0 Å². The molecule has 5 nitrogen and oxygen atoms in total. The molecule has 0 saturated carbocycles. The second-order valence-electron chi connectivity index (χ2n) is 4.09. The smallest absolute Gasteiger partial charge is 0.275 e. The van der Waals surface area contributed by atoms with Gasteiger partial charge in [-0.2, -0.15) is 0 Å². The Morgan fingerprint density at radius 1 is 1.32 bits per heavy atom. The lowest BCUT2D eigenvalue weighted by atomic mass is 10.3. The first-order valence-corrected chi connectivity index (χ1v) is 6.01. The molecule has 2 rings (SSSR count). The van der Waals surface area contributed by atoms with Crippen molar-refractivity contribution in [3.63, 3.8) is 0 Å². The van der Waals surface area contributed by atoms with Crippen LogP contribution in [-0.4, -0.2) is 30.0 Å². The molecule has 0 fully saturated rings. The van der Waals surface area contributed by atoms with Crippen LogP contribution in [0.4, 0.5) is 11.6 Å². The van der Waals surface area contributed by atoms with E-state index in [1.165, 1.54) is 12.3 Å². The normalized spacial score (nSPS) is 10.1. The first-order valence-electron chi connectivity index (χ1n) is 5.63. The number of pyridine rings is 2. The van der Waals surface area contributed by atoms with E-state index >= 15 is 0 Å². The highest BCUT2D eigenvalue weighted by Gasteiger charge is 2.09. The van der Waals surface area contributed by atoms with Crippen molar-refractivity contribution in [2.24, 2.45) is 0 Å². The monoisotopic (exact) mass is 276 g/mol. The largest absolute Gasteiger partial charge is 0.363 e. The first-order chi connectivity index (χ1) is 9.06. The van der Waals surface area contributed by atoms with Crippen LogP contribution in [0.2, 0.25) is 5.02 Å². The van der Waals surface area contributed by atoms with E-state index in [-0.39, 0.29) is 11.6 Å². The molecule has 0 atom stereocenters. The van der Waals surface area contributed by atoms with Crippen molar-refractivity contribution in [2.75, 3.05) is 24.3 Å². The SMILES string of the molecule is CN(C)c1cccc(NC(=O)c2cc(Cl)ccn2)n1. The molecule has 2 aromatic rings. The van der Waals surface area contributed by atoms with E-state index in [1.54, 1.807) is 12.1 Å². The van der Waals surface area contributed by atoms with Gasteiger partial charge in [0.05, 0.1) is 0 Å². The van der Waals surface area contributed by atoms with Crippen molar-refractivity contribution < 1.29 is 4.79 Å². The van der Waals surface area contributed by atoms with Gasteiger partial charge < -0.3 is 10.2 Å². The van der Waals surface area contributed by atoms with Crippen LogP contribution in [0.3, 0.4) is 0 Å². The lowest BCUT2D eigenvalue weighted by Crippen LogP contribution is -2.16. The van der Waals surface area contributed by atoms with E-state index in [4.69, 9.17) is 11.6 Å². The molecular formula is C13H13ClN4O. The van der Waals surface area contributed by atoms with Gasteiger partial charge in [-0.15, -0.1) is 0 Å². The number of hydrogen-bond acceptors (Lipinski definition) is 4. The zero-order chi connectivity index (χ0) is 13.8. The maximum atomic E-state index is 12.0. The van der Waals surface area contributed by atoms with E-state index in [0.29, 0.717) is 10.8 Å². The Morgan fingerprint density at radius 3 is 2.79 bits per heavy atom. The number of anilines is 2. The van der Waals surface area contributed by atoms with E-state index in [1.807, 2.05) is 31.1 Å². The highest BCUT2D eigenvalue weighted by molar-refractivity contribution is 6.30. The molecular weight excluding hydrogens is 264 g/mol. The van der Waals surface area contributed by atoms with Crippen LogP contribution in [0, 0.1) is 0 Å². The second-order valence-corrected chi connectivity index (χ2v) is 4.53. The van der Waals surface area contributed by atoms with Gasteiger partial charge in [-0.1, -0.05) is 17.7 Å². The predicted molar refractivity (Wildman–Crippen MR) is 75.8 cm³/mol. The van der Waals surface area contributed by atoms with Crippen LogP contribution in [0.5, 0.6) is 0 Å². The Hall–Kier alpha value is -2.14. The lowest BCUT2D eigenvalue weighted by Gasteiger charge is -2.12. The molecule has 2 heterocycles. The number of aromatic nitrogens is 2. The number of halogens is 1. The third-order valence-corrected chi connectivity index (χ3v) is 2.62. The molecule has 19 heavy (non-hydrogen) atoms. The Balaban J connectivity index is 2.17. The topological polar surface area (TPSA) is 58.1 Å². The van der Waals surface area contributed by atoms with Gasteiger partial charge in [-0.3, -0.25) is 9.78 Å². The first kappa shape index (κ1) is 13.3. The molecule has 0 spiro atoms. The second kappa shape index (κ2) is 5.67. The maximum Gasteiger partial charge on any atom is 0.275 e. The summed E-state index contributed by atoms with van der Waals surface area (Å²) < 4.78 is 0. The van der Waals surface area contributed by atoms with Gasteiger partial charge in [0, 0.05) is 25.3 Å². The molecule has 98 valence electrons. The summed E-state index contributed by atoms with van der Waals surface area (Å²) in [5.41, 5.74) is 0.254. The summed E-state index contributed by atoms with van der Waals surface area (Å²) in [4.78, 5) is 22.1. The molecule has 0 radical (unpaired) electrons. The van der Waals surface area contributed by atoms with E-state index in [0.717, 1.165) is 5.82 Å². The molecule has 0 bridgehead atoms. The lowest BCUT2D eigenvalue weighted by molar-refractivity contribution is 0.102. The summed E-state index contributed by atoms with van der Waals surface area (Å²) in [5, 5.41) is 3.15. The van der Waals surface area contributed by atoms with Crippen LogP contribution in [-0.2, 0) is 0 Å². The third-order valence-electron chi connectivity index (χ3n) is 2.39. The fourth-order valence-electron chi connectivity index (χ4n) is 1.45. The van der Waals surface area contributed by atoms with E-state index in [2.05, 4.69) is 15.3 Å². The number of carbonyl (C=O) groups is 1. The van der Waals surface area contributed by atoms with Crippen LogP contribution in [0.15, 0.2) is 36.5 Å². The van der Waals surface area contributed by atoms with Crippen molar-refractivity contribution in [1.82, 2.24) is 9.97 Å². The van der Waals surface area contributed by atoms with Crippen molar-refractivity contribution in [3.8, 4) is 0 Å². The molecule has 0 aliphatic heterocycles. The van der Waals surface area contributed by atoms with Crippen LogP contribution >= 0.6 is 11.6 Å². The van der Waals surface area contributed by atoms with Crippen LogP contribution < -0.4 is 10.2 Å². The molecule has 0 saturated heterocycles. The standard InChI is InChI=1S/C13H13ClN4O/c1-18(2)12-5-3-4-11(16-12)17-13(19)10-8-9(14)6-7-15-10/h3-8H,1-2H3,(H,16,17,19). The van der Waals surface area contributed by atoms with Crippen molar-refractivity contribution in [2.45, 2.75) is 0 Å². The number of hydrogen-bond donors (Lipinski definition) is 1.